The lowest BCUT2D eigenvalue weighted by atomic mass is 9.99. The summed E-state index contributed by atoms with van der Waals surface area (Å²) in [5, 5.41) is 67.9. The number of aromatic hydroxyl groups is 4. The maximum absolute atomic E-state index is 12.3. The molecular formula is C23H26O11. The van der Waals surface area contributed by atoms with Crippen LogP contribution in [0.25, 0.3) is 6.08 Å². The molecule has 0 aliphatic carbocycles. The molecule has 34 heavy (non-hydrogen) atoms. The van der Waals surface area contributed by atoms with E-state index in [2.05, 4.69) is 0 Å². The summed E-state index contributed by atoms with van der Waals surface area (Å²) in [6.07, 6.45) is -4.52. The zero-order valence-electron chi connectivity index (χ0n) is 17.9. The Hall–Kier alpha value is -3.35. The normalized spacial score (nSPS) is 24.9. The summed E-state index contributed by atoms with van der Waals surface area (Å²) in [7, 11) is 0. The van der Waals surface area contributed by atoms with Gasteiger partial charge in [-0.15, -0.1) is 0 Å². The number of phenols is 4. The molecule has 3 rings (SSSR count). The van der Waals surface area contributed by atoms with Crippen molar-refractivity contribution in [1.29, 1.82) is 0 Å². The summed E-state index contributed by atoms with van der Waals surface area (Å²) in [5.74, 6) is -2.18. The Morgan fingerprint density at radius 1 is 0.941 bits per heavy atom. The van der Waals surface area contributed by atoms with Crippen LogP contribution in [-0.2, 0) is 25.4 Å². The second-order valence-corrected chi connectivity index (χ2v) is 7.63. The highest BCUT2D eigenvalue weighted by molar-refractivity contribution is 5.87. The van der Waals surface area contributed by atoms with Crippen molar-refractivity contribution in [2.45, 2.75) is 37.1 Å². The van der Waals surface area contributed by atoms with Gasteiger partial charge in [0.05, 0.1) is 13.2 Å². The van der Waals surface area contributed by atoms with Gasteiger partial charge >= 0.3 is 5.97 Å². The van der Waals surface area contributed by atoms with E-state index >= 15 is 0 Å². The van der Waals surface area contributed by atoms with Crippen molar-refractivity contribution in [1.82, 2.24) is 0 Å². The van der Waals surface area contributed by atoms with E-state index in [1.807, 2.05) is 0 Å². The van der Waals surface area contributed by atoms with Crippen LogP contribution >= 0.6 is 0 Å². The van der Waals surface area contributed by atoms with Gasteiger partial charge in [0.25, 0.3) is 0 Å². The molecule has 0 saturated carbocycles. The molecule has 1 saturated heterocycles. The fourth-order valence-corrected chi connectivity index (χ4v) is 3.32. The highest BCUT2D eigenvalue weighted by Crippen LogP contribution is 2.28. The van der Waals surface area contributed by atoms with Gasteiger partial charge in [-0.3, -0.25) is 0 Å². The minimum absolute atomic E-state index is 0.00742. The van der Waals surface area contributed by atoms with Gasteiger partial charge in [-0.25, -0.2) is 4.79 Å². The van der Waals surface area contributed by atoms with Crippen LogP contribution in [0, 0.1) is 0 Å². The van der Waals surface area contributed by atoms with Crippen LogP contribution in [-0.4, -0.2) is 85.6 Å². The molecule has 5 atom stereocenters. The predicted octanol–water partition coefficient (Wildman–Crippen LogP) is 0.132. The molecule has 0 aromatic heterocycles. The van der Waals surface area contributed by atoms with E-state index in [1.165, 1.54) is 36.4 Å². The number of aliphatic hydroxyl groups excluding tert-OH is 3. The molecule has 184 valence electrons. The van der Waals surface area contributed by atoms with Crippen LogP contribution in [0.5, 0.6) is 23.0 Å². The van der Waals surface area contributed by atoms with Crippen molar-refractivity contribution in [3.8, 4) is 23.0 Å². The minimum Gasteiger partial charge on any atom is -0.504 e. The van der Waals surface area contributed by atoms with Gasteiger partial charge < -0.3 is 50.0 Å². The molecule has 0 amide bonds. The van der Waals surface area contributed by atoms with Gasteiger partial charge in [-0.1, -0.05) is 12.1 Å². The molecule has 1 fully saturated rings. The second-order valence-electron chi connectivity index (χ2n) is 7.63. The molecule has 7 N–H and O–H groups in total. The highest BCUT2D eigenvalue weighted by Gasteiger charge is 2.47. The fourth-order valence-electron chi connectivity index (χ4n) is 3.32. The Labute approximate surface area is 194 Å². The average Bonchev–Trinajstić information content (AvgIpc) is 2.81. The monoisotopic (exact) mass is 478 g/mol. The van der Waals surface area contributed by atoms with E-state index in [-0.39, 0.29) is 36.0 Å². The van der Waals surface area contributed by atoms with Crippen LogP contribution in [0.2, 0.25) is 0 Å². The Kier molecular flexibility index (Phi) is 8.31. The lowest BCUT2D eigenvalue weighted by Crippen LogP contribution is -2.60. The molecule has 0 bridgehead atoms. The molecule has 1 aliphatic heterocycles. The topological polar surface area (TPSA) is 186 Å². The number of carbonyl (C=O) groups excluding carboxylic acids is 1. The van der Waals surface area contributed by atoms with Crippen LogP contribution < -0.4 is 0 Å². The zero-order valence-corrected chi connectivity index (χ0v) is 17.9. The summed E-state index contributed by atoms with van der Waals surface area (Å²) in [4.78, 5) is 12.3. The molecule has 1 aliphatic rings. The van der Waals surface area contributed by atoms with Gasteiger partial charge in [0.2, 0.25) is 0 Å². The smallest absolute Gasteiger partial charge is 0.331 e. The van der Waals surface area contributed by atoms with E-state index < -0.39 is 43.3 Å². The Morgan fingerprint density at radius 2 is 1.62 bits per heavy atom. The third-order valence-electron chi connectivity index (χ3n) is 5.20. The molecule has 0 spiro atoms. The van der Waals surface area contributed by atoms with E-state index in [4.69, 9.17) is 14.2 Å². The molecule has 2 aromatic carbocycles. The molecule has 11 heteroatoms. The largest absolute Gasteiger partial charge is 0.504 e. The van der Waals surface area contributed by atoms with Gasteiger partial charge in [0.15, 0.2) is 35.4 Å². The van der Waals surface area contributed by atoms with E-state index in [1.54, 1.807) is 6.07 Å². The lowest BCUT2D eigenvalue weighted by Gasteiger charge is -2.41. The maximum atomic E-state index is 12.3. The van der Waals surface area contributed by atoms with E-state index in [0.29, 0.717) is 11.1 Å². The summed E-state index contributed by atoms with van der Waals surface area (Å²) in [5.41, 5.74) is 1.01. The van der Waals surface area contributed by atoms with Crippen molar-refractivity contribution in [2.24, 2.45) is 0 Å². The van der Waals surface area contributed by atoms with Crippen molar-refractivity contribution >= 4 is 12.0 Å². The highest BCUT2D eigenvalue weighted by atomic mass is 16.7. The van der Waals surface area contributed by atoms with Crippen LogP contribution in [0.15, 0.2) is 42.5 Å². The predicted molar refractivity (Wildman–Crippen MR) is 116 cm³/mol. The first-order chi connectivity index (χ1) is 16.2. The lowest BCUT2D eigenvalue weighted by molar-refractivity contribution is -0.303. The minimum atomic E-state index is -1.62. The van der Waals surface area contributed by atoms with Crippen molar-refractivity contribution in [3.05, 3.63) is 53.6 Å². The molecule has 0 unspecified atom stereocenters. The summed E-state index contributed by atoms with van der Waals surface area (Å²) in [6, 6.07) is 8.13. The van der Waals surface area contributed by atoms with Crippen LogP contribution in [0.3, 0.4) is 0 Å². The van der Waals surface area contributed by atoms with Gasteiger partial charge in [-0.2, -0.15) is 0 Å². The molecule has 1 heterocycles. The third kappa shape index (κ3) is 6.16. The van der Waals surface area contributed by atoms with E-state index in [0.717, 1.165) is 6.08 Å². The number of ether oxygens (including phenoxy) is 3. The Balaban J connectivity index is 1.66. The number of phenolic OH excluding ortho intramolecular Hbond substituents is 4. The first-order valence-electron chi connectivity index (χ1n) is 10.3. The number of esters is 1. The Bertz CT molecular complexity index is 1020. The Morgan fingerprint density at radius 3 is 2.26 bits per heavy atom. The van der Waals surface area contributed by atoms with Crippen molar-refractivity contribution in [3.63, 3.8) is 0 Å². The van der Waals surface area contributed by atoms with Gasteiger partial charge in [0, 0.05) is 6.08 Å². The summed E-state index contributed by atoms with van der Waals surface area (Å²) in [6.45, 7) is -0.624. The fraction of sp³-hybridized carbons (Fsp3) is 0.348. The number of carbonyl (C=O) groups is 1. The first-order valence-corrected chi connectivity index (χ1v) is 10.3. The summed E-state index contributed by atoms with van der Waals surface area (Å²) < 4.78 is 16.3. The van der Waals surface area contributed by atoms with Crippen LogP contribution in [0.4, 0.5) is 0 Å². The molecule has 0 radical (unpaired) electrons. The number of hydrogen-bond acceptors (Lipinski definition) is 11. The maximum Gasteiger partial charge on any atom is 0.331 e. The standard InChI is InChI=1S/C23H26O11/c24-11-18-20(30)21(31)22(34-19(29)6-3-12-1-4-14(25)16(27)9-12)23(33-18)32-8-7-13-2-5-15(26)17(28)10-13/h1-6,9-10,18,20-28,30-31H,7-8,11H2/b6-3+/t18-,20-,21+,22-,23-/m1/s1. The van der Waals surface area contributed by atoms with Gasteiger partial charge in [0.1, 0.15) is 18.3 Å². The number of aliphatic hydroxyl groups is 3. The van der Waals surface area contributed by atoms with E-state index in [9.17, 15) is 40.5 Å². The second kappa shape index (κ2) is 11.2. The van der Waals surface area contributed by atoms with Crippen molar-refractivity contribution in [2.75, 3.05) is 13.2 Å². The average molecular weight is 478 g/mol. The molecule has 2 aromatic rings. The SMILES string of the molecule is O=C(/C=C/c1ccc(O)c(O)c1)O[C@H]1[C@H](OCCc2ccc(O)c(O)c2)O[C@H](CO)[C@@H](O)[C@@H]1O. The third-order valence-corrected chi connectivity index (χ3v) is 5.20. The molecule has 11 nitrogen and oxygen atoms in total. The number of benzene rings is 2. The number of rotatable bonds is 8. The van der Waals surface area contributed by atoms with Crippen LogP contribution in [0.1, 0.15) is 11.1 Å². The molecular weight excluding hydrogens is 452 g/mol. The quantitative estimate of drug-likeness (QED) is 0.155. The van der Waals surface area contributed by atoms with Crippen molar-refractivity contribution < 1.29 is 54.8 Å². The van der Waals surface area contributed by atoms with Gasteiger partial charge in [-0.05, 0) is 47.9 Å². The first kappa shape index (κ1) is 25.3. The number of hydrogen-bond donors (Lipinski definition) is 7. The summed E-state index contributed by atoms with van der Waals surface area (Å²) >= 11 is 0. The zero-order chi connectivity index (χ0) is 24.8.